The van der Waals surface area contributed by atoms with Crippen molar-refractivity contribution in [3.8, 4) is 0 Å². The van der Waals surface area contributed by atoms with Crippen LogP contribution < -0.4 is 5.11 Å². The van der Waals surface area contributed by atoms with Gasteiger partial charge in [0.15, 0.2) is 0 Å². The van der Waals surface area contributed by atoms with Gasteiger partial charge in [-0.15, -0.1) is 0 Å². The highest BCUT2D eigenvalue weighted by atomic mass is 19.1. The van der Waals surface area contributed by atoms with E-state index in [9.17, 15) is 19.1 Å². The Balaban J connectivity index is 1.59. The molecule has 1 saturated heterocycles. The number of amides is 1. The van der Waals surface area contributed by atoms with Gasteiger partial charge >= 0.3 is 0 Å². The number of carbonyl (C=O) groups is 2. The van der Waals surface area contributed by atoms with Crippen molar-refractivity contribution in [2.24, 2.45) is 5.92 Å². The van der Waals surface area contributed by atoms with Gasteiger partial charge in [-0.2, -0.15) is 0 Å². The molecule has 0 N–H and O–H groups in total. The van der Waals surface area contributed by atoms with Gasteiger partial charge in [0, 0.05) is 25.4 Å². The van der Waals surface area contributed by atoms with Gasteiger partial charge < -0.3 is 14.8 Å². The van der Waals surface area contributed by atoms with Crippen molar-refractivity contribution in [3.63, 3.8) is 0 Å². The second kappa shape index (κ2) is 8.03. The molecule has 0 bridgehead atoms. The first-order valence-corrected chi connectivity index (χ1v) is 9.73. The number of fused-ring (bicyclic) bond motifs is 1. The average Bonchev–Trinajstić information content (AvgIpc) is 2.73. The lowest BCUT2D eigenvalue weighted by Crippen LogP contribution is -2.50. The molecule has 4 nitrogen and oxygen atoms in total. The largest absolute Gasteiger partial charge is 0.530 e. The standard InChI is InChI=1S/C24H22FNO3/c25-20-9-7-18(8-10-20)21-11-12-26(24(28)29)15-22(21)23(27)14-16-5-6-17-3-1-2-4-19(17)13-16/h1-10,13,21-22H,11-12,14-15H2,(H,28,29)/p-1. The quantitative estimate of drug-likeness (QED) is 0.685. The van der Waals surface area contributed by atoms with E-state index in [4.69, 9.17) is 0 Å². The van der Waals surface area contributed by atoms with E-state index in [-0.39, 0.29) is 30.5 Å². The third-order valence-corrected chi connectivity index (χ3v) is 5.77. The van der Waals surface area contributed by atoms with E-state index < -0.39 is 12.0 Å². The van der Waals surface area contributed by atoms with Gasteiger partial charge in [-0.25, -0.2) is 4.39 Å². The Labute approximate surface area is 168 Å². The molecule has 0 saturated carbocycles. The lowest BCUT2D eigenvalue weighted by Gasteiger charge is -2.39. The zero-order chi connectivity index (χ0) is 20.4. The van der Waals surface area contributed by atoms with Gasteiger partial charge in [-0.3, -0.25) is 4.79 Å². The molecule has 2 unspecified atom stereocenters. The van der Waals surface area contributed by atoms with Gasteiger partial charge in [-0.1, -0.05) is 54.6 Å². The van der Waals surface area contributed by atoms with Crippen LogP contribution in [0.2, 0.25) is 0 Å². The number of Topliss-reactive ketones (excluding diaryl/α,β-unsaturated/α-hetero) is 1. The first kappa shape index (κ1) is 19.1. The summed E-state index contributed by atoms with van der Waals surface area (Å²) in [6.07, 6.45) is -0.520. The average molecular weight is 390 g/mol. The molecule has 4 rings (SSSR count). The van der Waals surface area contributed by atoms with Crippen LogP contribution in [0.25, 0.3) is 10.8 Å². The maximum atomic E-state index is 13.3. The minimum atomic E-state index is -1.26. The molecule has 1 amide bonds. The maximum Gasteiger partial charge on any atom is 0.142 e. The Morgan fingerprint density at radius 1 is 1.00 bits per heavy atom. The molecule has 29 heavy (non-hydrogen) atoms. The van der Waals surface area contributed by atoms with Crippen molar-refractivity contribution in [3.05, 3.63) is 83.7 Å². The predicted octanol–water partition coefficient (Wildman–Crippen LogP) is 3.54. The summed E-state index contributed by atoms with van der Waals surface area (Å²) in [7, 11) is 0. The fourth-order valence-electron chi connectivity index (χ4n) is 4.23. The van der Waals surface area contributed by atoms with E-state index in [1.54, 1.807) is 12.1 Å². The van der Waals surface area contributed by atoms with Crippen molar-refractivity contribution in [1.82, 2.24) is 4.90 Å². The number of piperidine rings is 1. The van der Waals surface area contributed by atoms with Crippen LogP contribution in [0.3, 0.4) is 0 Å². The fourth-order valence-corrected chi connectivity index (χ4v) is 4.23. The molecule has 148 valence electrons. The van der Waals surface area contributed by atoms with E-state index in [0.29, 0.717) is 13.0 Å². The molecule has 2 atom stereocenters. The van der Waals surface area contributed by atoms with Gasteiger partial charge in [0.1, 0.15) is 17.7 Å². The van der Waals surface area contributed by atoms with E-state index in [1.165, 1.54) is 17.0 Å². The van der Waals surface area contributed by atoms with Crippen LogP contribution in [-0.2, 0) is 11.2 Å². The minimum Gasteiger partial charge on any atom is -0.530 e. The first-order valence-electron chi connectivity index (χ1n) is 9.73. The molecule has 1 aliphatic heterocycles. The Morgan fingerprint density at radius 3 is 2.45 bits per heavy atom. The Kier molecular flexibility index (Phi) is 5.30. The SMILES string of the molecule is O=C(Cc1ccc2ccccc2c1)C1CN(C(=O)[O-])CCC1c1ccc(F)cc1. The number of nitrogens with zero attached hydrogens (tertiary/aromatic N) is 1. The van der Waals surface area contributed by atoms with Crippen molar-refractivity contribution in [1.29, 1.82) is 0 Å². The number of hydrogen-bond donors (Lipinski definition) is 0. The van der Waals surface area contributed by atoms with Crippen LogP contribution in [0.4, 0.5) is 9.18 Å². The molecular formula is C24H21FNO3-. The molecule has 0 aromatic heterocycles. The zero-order valence-corrected chi connectivity index (χ0v) is 15.9. The molecule has 1 aliphatic rings. The van der Waals surface area contributed by atoms with Crippen LogP contribution >= 0.6 is 0 Å². The zero-order valence-electron chi connectivity index (χ0n) is 15.9. The summed E-state index contributed by atoms with van der Waals surface area (Å²) in [5, 5.41) is 13.5. The van der Waals surface area contributed by atoms with Crippen LogP contribution in [-0.4, -0.2) is 29.9 Å². The van der Waals surface area contributed by atoms with Gasteiger partial charge in [0.2, 0.25) is 0 Å². The molecule has 1 fully saturated rings. The molecule has 5 heteroatoms. The molecular weight excluding hydrogens is 369 g/mol. The van der Waals surface area contributed by atoms with Crippen LogP contribution in [0.15, 0.2) is 66.7 Å². The summed E-state index contributed by atoms with van der Waals surface area (Å²) in [4.78, 5) is 25.8. The number of hydrogen-bond acceptors (Lipinski definition) is 3. The summed E-state index contributed by atoms with van der Waals surface area (Å²) in [6, 6.07) is 20.0. The highest BCUT2D eigenvalue weighted by Crippen LogP contribution is 2.34. The number of carboxylic acid groups (broad SMARTS) is 1. The Hall–Kier alpha value is -3.21. The van der Waals surface area contributed by atoms with E-state index >= 15 is 0 Å². The second-order valence-electron chi connectivity index (χ2n) is 7.59. The topological polar surface area (TPSA) is 60.4 Å². The summed E-state index contributed by atoms with van der Waals surface area (Å²) in [5.74, 6) is -0.974. The van der Waals surface area contributed by atoms with E-state index in [2.05, 4.69) is 0 Å². The molecule has 0 spiro atoms. The van der Waals surface area contributed by atoms with Crippen LogP contribution in [0, 0.1) is 11.7 Å². The molecule has 3 aromatic carbocycles. The highest BCUT2D eigenvalue weighted by molar-refractivity contribution is 5.88. The fraction of sp³-hybridized carbons (Fsp3) is 0.250. The summed E-state index contributed by atoms with van der Waals surface area (Å²) in [5.41, 5.74) is 1.76. The first-order chi connectivity index (χ1) is 14.0. The molecule has 0 radical (unpaired) electrons. The predicted molar refractivity (Wildman–Crippen MR) is 107 cm³/mol. The summed E-state index contributed by atoms with van der Waals surface area (Å²) >= 11 is 0. The number of halogens is 1. The van der Waals surface area contributed by atoms with Crippen LogP contribution in [0.1, 0.15) is 23.5 Å². The highest BCUT2D eigenvalue weighted by Gasteiger charge is 2.35. The molecule has 3 aromatic rings. The second-order valence-corrected chi connectivity index (χ2v) is 7.59. The lowest BCUT2D eigenvalue weighted by atomic mass is 9.77. The van der Waals surface area contributed by atoms with Crippen LogP contribution in [0.5, 0.6) is 0 Å². The summed E-state index contributed by atoms with van der Waals surface area (Å²) in [6.45, 7) is 0.418. The smallest absolute Gasteiger partial charge is 0.142 e. The molecule has 1 heterocycles. The minimum absolute atomic E-state index is 0.0134. The third-order valence-electron chi connectivity index (χ3n) is 5.77. The molecule has 0 aliphatic carbocycles. The van der Waals surface area contributed by atoms with Crippen molar-refractivity contribution >= 4 is 22.6 Å². The number of carbonyl (C=O) groups excluding carboxylic acids is 2. The monoisotopic (exact) mass is 390 g/mol. The Morgan fingerprint density at radius 2 is 1.72 bits per heavy atom. The number of likely N-dealkylation sites (tertiary alicyclic amines) is 1. The number of rotatable bonds is 4. The third kappa shape index (κ3) is 4.14. The van der Waals surface area contributed by atoms with Gasteiger partial charge in [0.05, 0.1) is 0 Å². The van der Waals surface area contributed by atoms with Crippen molar-refractivity contribution in [2.75, 3.05) is 13.1 Å². The number of ketones is 1. The number of benzene rings is 3. The van der Waals surface area contributed by atoms with Crippen molar-refractivity contribution in [2.45, 2.75) is 18.8 Å². The van der Waals surface area contributed by atoms with Gasteiger partial charge in [0.25, 0.3) is 0 Å². The summed E-state index contributed by atoms with van der Waals surface area (Å²) < 4.78 is 13.3. The maximum absolute atomic E-state index is 13.3. The normalized spacial score (nSPS) is 19.3. The Bertz CT molecular complexity index is 1050. The van der Waals surface area contributed by atoms with E-state index in [1.807, 2.05) is 42.5 Å². The van der Waals surface area contributed by atoms with Gasteiger partial charge in [-0.05, 0) is 46.4 Å². The van der Waals surface area contributed by atoms with E-state index in [0.717, 1.165) is 21.9 Å². The van der Waals surface area contributed by atoms with Crippen molar-refractivity contribution < 1.29 is 19.1 Å². The lowest BCUT2D eigenvalue weighted by molar-refractivity contribution is -0.267.